The molecule has 1 aromatic carbocycles. The zero-order chi connectivity index (χ0) is 11.1. The van der Waals surface area contributed by atoms with Crippen molar-refractivity contribution in [3.63, 3.8) is 0 Å². The first-order valence-electron chi connectivity index (χ1n) is 4.24. The molecule has 0 radical (unpaired) electrons. The second-order valence-electron chi connectivity index (χ2n) is 3.13. The summed E-state index contributed by atoms with van der Waals surface area (Å²) in [6.45, 7) is -0.777. The summed E-state index contributed by atoms with van der Waals surface area (Å²) < 4.78 is 31.0. The van der Waals surface area contributed by atoms with E-state index >= 15 is 0 Å². The first-order chi connectivity index (χ1) is 7.03. The van der Waals surface area contributed by atoms with Gasteiger partial charge in [0.25, 0.3) is 5.92 Å². The number of hydrogen-bond acceptors (Lipinski definition) is 3. The van der Waals surface area contributed by atoms with Gasteiger partial charge in [-0.3, -0.25) is 4.98 Å². The van der Waals surface area contributed by atoms with E-state index in [1.807, 2.05) is 0 Å². The van der Waals surface area contributed by atoms with Crippen molar-refractivity contribution >= 4 is 11.1 Å². The smallest absolute Gasteiger partial charge is 0.408 e. The standard InChI is InChI=1S/C9H8F2N2O2/c10-9(11,4-12)5-1-2-7-6(3-5)13-8(14)15-7/h1-3H,4,12H2,(H,13,14). The lowest BCUT2D eigenvalue weighted by molar-refractivity contribution is 0.00607. The number of nitrogens with two attached hydrogens (primary N) is 1. The van der Waals surface area contributed by atoms with Gasteiger partial charge in [-0.25, -0.2) is 4.79 Å². The average Bonchev–Trinajstić information content (AvgIpc) is 2.56. The minimum Gasteiger partial charge on any atom is -0.408 e. The van der Waals surface area contributed by atoms with Crippen LogP contribution >= 0.6 is 0 Å². The Labute approximate surface area is 82.7 Å². The van der Waals surface area contributed by atoms with Crippen LogP contribution in [0, 0.1) is 0 Å². The molecule has 6 heteroatoms. The number of aromatic nitrogens is 1. The molecular formula is C9H8F2N2O2. The van der Waals surface area contributed by atoms with E-state index in [2.05, 4.69) is 9.40 Å². The van der Waals surface area contributed by atoms with Crippen molar-refractivity contribution in [1.82, 2.24) is 4.98 Å². The van der Waals surface area contributed by atoms with E-state index in [1.165, 1.54) is 12.1 Å². The molecule has 0 saturated carbocycles. The maximum atomic E-state index is 13.2. The first-order valence-corrected chi connectivity index (χ1v) is 4.24. The van der Waals surface area contributed by atoms with Crippen LogP contribution in [0.2, 0.25) is 0 Å². The number of oxazole rings is 1. The molecule has 3 N–H and O–H groups in total. The Morgan fingerprint density at radius 3 is 2.87 bits per heavy atom. The second-order valence-corrected chi connectivity index (χ2v) is 3.13. The Hall–Kier alpha value is -1.69. The van der Waals surface area contributed by atoms with Crippen molar-refractivity contribution in [3.8, 4) is 0 Å². The van der Waals surface area contributed by atoms with Gasteiger partial charge in [-0.05, 0) is 18.2 Å². The lowest BCUT2D eigenvalue weighted by Crippen LogP contribution is -2.24. The monoisotopic (exact) mass is 214 g/mol. The van der Waals surface area contributed by atoms with Gasteiger partial charge in [0.2, 0.25) is 0 Å². The zero-order valence-corrected chi connectivity index (χ0v) is 7.59. The number of fused-ring (bicyclic) bond motifs is 1. The van der Waals surface area contributed by atoms with Gasteiger partial charge in [-0.2, -0.15) is 8.78 Å². The van der Waals surface area contributed by atoms with Crippen LogP contribution in [-0.2, 0) is 5.92 Å². The molecule has 1 aromatic heterocycles. The van der Waals surface area contributed by atoms with Gasteiger partial charge < -0.3 is 10.2 Å². The average molecular weight is 214 g/mol. The maximum absolute atomic E-state index is 13.2. The Morgan fingerprint density at radius 1 is 1.47 bits per heavy atom. The Balaban J connectivity index is 2.60. The van der Waals surface area contributed by atoms with Crippen LogP contribution in [0.4, 0.5) is 8.78 Å². The molecule has 0 aliphatic rings. The third kappa shape index (κ3) is 1.63. The molecule has 0 amide bonds. The molecule has 0 aliphatic heterocycles. The van der Waals surface area contributed by atoms with E-state index in [0.29, 0.717) is 0 Å². The largest absolute Gasteiger partial charge is 0.417 e. The highest BCUT2D eigenvalue weighted by molar-refractivity contribution is 5.73. The maximum Gasteiger partial charge on any atom is 0.417 e. The molecule has 2 rings (SSSR count). The van der Waals surface area contributed by atoms with Crippen molar-refractivity contribution in [2.24, 2.45) is 5.73 Å². The lowest BCUT2D eigenvalue weighted by Gasteiger charge is -2.13. The lowest BCUT2D eigenvalue weighted by atomic mass is 10.1. The fraction of sp³-hybridized carbons (Fsp3) is 0.222. The third-order valence-corrected chi connectivity index (χ3v) is 2.10. The molecule has 0 saturated heterocycles. The molecular weight excluding hydrogens is 206 g/mol. The number of benzene rings is 1. The summed E-state index contributed by atoms with van der Waals surface area (Å²) >= 11 is 0. The van der Waals surface area contributed by atoms with Crippen LogP contribution in [0.5, 0.6) is 0 Å². The van der Waals surface area contributed by atoms with Crippen molar-refractivity contribution in [3.05, 3.63) is 34.3 Å². The minimum atomic E-state index is -3.09. The predicted octanol–water partition coefficient (Wildman–Crippen LogP) is 1.17. The van der Waals surface area contributed by atoms with Crippen LogP contribution in [0.3, 0.4) is 0 Å². The third-order valence-electron chi connectivity index (χ3n) is 2.10. The van der Waals surface area contributed by atoms with Gasteiger partial charge in [0.1, 0.15) is 0 Å². The number of halogens is 2. The Kier molecular flexibility index (Phi) is 2.08. The van der Waals surface area contributed by atoms with Crippen molar-refractivity contribution in [2.45, 2.75) is 5.92 Å². The van der Waals surface area contributed by atoms with Gasteiger partial charge in [0.15, 0.2) is 5.58 Å². The summed E-state index contributed by atoms with van der Waals surface area (Å²) in [6, 6.07) is 3.66. The summed E-state index contributed by atoms with van der Waals surface area (Å²) in [5.41, 5.74) is 5.19. The molecule has 1 heterocycles. The van der Waals surface area contributed by atoms with Crippen molar-refractivity contribution in [1.29, 1.82) is 0 Å². The summed E-state index contributed by atoms with van der Waals surface area (Å²) in [6.07, 6.45) is 0. The molecule has 15 heavy (non-hydrogen) atoms. The summed E-state index contributed by atoms with van der Waals surface area (Å²) in [5, 5.41) is 0. The molecule has 4 nitrogen and oxygen atoms in total. The minimum absolute atomic E-state index is 0.241. The number of hydrogen-bond donors (Lipinski definition) is 2. The van der Waals surface area contributed by atoms with Gasteiger partial charge in [0.05, 0.1) is 12.1 Å². The van der Waals surface area contributed by atoms with Crippen LogP contribution in [-0.4, -0.2) is 11.5 Å². The van der Waals surface area contributed by atoms with Gasteiger partial charge in [-0.15, -0.1) is 0 Å². The van der Waals surface area contributed by atoms with Crippen LogP contribution < -0.4 is 11.5 Å². The summed E-state index contributed by atoms with van der Waals surface area (Å²) in [7, 11) is 0. The van der Waals surface area contributed by atoms with Crippen molar-refractivity contribution in [2.75, 3.05) is 6.54 Å². The van der Waals surface area contributed by atoms with E-state index < -0.39 is 18.2 Å². The highest BCUT2D eigenvalue weighted by Gasteiger charge is 2.29. The van der Waals surface area contributed by atoms with Gasteiger partial charge >= 0.3 is 5.76 Å². The predicted molar refractivity (Wildman–Crippen MR) is 49.8 cm³/mol. The van der Waals surface area contributed by atoms with Crippen LogP contribution in [0.1, 0.15) is 5.56 Å². The molecule has 0 aliphatic carbocycles. The molecule has 80 valence electrons. The van der Waals surface area contributed by atoms with Gasteiger partial charge in [-0.1, -0.05) is 0 Å². The Bertz CT molecular complexity index is 544. The highest BCUT2D eigenvalue weighted by atomic mass is 19.3. The van der Waals surface area contributed by atoms with E-state index in [9.17, 15) is 13.6 Å². The first kappa shape index (κ1) is 9.85. The van der Waals surface area contributed by atoms with E-state index in [1.54, 1.807) is 0 Å². The van der Waals surface area contributed by atoms with E-state index in [4.69, 9.17) is 5.73 Å². The molecule has 0 fully saturated rings. The topological polar surface area (TPSA) is 72.0 Å². The number of H-pyrrole nitrogens is 1. The van der Waals surface area contributed by atoms with Crippen molar-refractivity contribution < 1.29 is 13.2 Å². The molecule has 0 unspecified atom stereocenters. The fourth-order valence-electron chi connectivity index (χ4n) is 1.30. The zero-order valence-electron chi connectivity index (χ0n) is 7.59. The molecule has 2 aromatic rings. The van der Waals surface area contributed by atoms with Crippen LogP contribution in [0.25, 0.3) is 11.1 Å². The van der Waals surface area contributed by atoms with E-state index in [0.717, 1.165) is 6.07 Å². The number of rotatable bonds is 2. The van der Waals surface area contributed by atoms with Crippen LogP contribution in [0.15, 0.2) is 27.4 Å². The molecule has 0 bridgehead atoms. The van der Waals surface area contributed by atoms with Gasteiger partial charge in [0, 0.05) is 5.56 Å². The quantitative estimate of drug-likeness (QED) is 0.788. The fourth-order valence-corrected chi connectivity index (χ4v) is 1.30. The highest BCUT2D eigenvalue weighted by Crippen LogP contribution is 2.28. The number of aromatic amines is 1. The second kappa shape index (κ2) is 3.16. The number of nitrogens with one attached hydrogen (secondary N) is 1. The molecule has 0 spiro atoms. The SMILES string of the molecule is NCC(F)(F)c1ccc2oc(=O)[nH]c2c1. The van der Waals surface area contributed by atoms with E-state index in [-0.39, 0.29) is 16.7 Å². The number of alkyl halides is 2. The summed E-state index contributed by atoms with van der Waals surface area (Å²) in [5.74, 6) is -3.76. The normalized spacial score (nSPS) is 12.2. The molecule has 0 atom stereocenters. The summed E-state index contributed by atoms with van der Waals surface area (Å²) in [4.78, 5) is 13.1. The Morgan fingerprint density at radius 2 is 2.20 bits per heavy atom.